The average Bonchev–Trinajstić information content (AvgIpc) is 3.12. The third-order valence-corrected chi connectivity index (χ3v) is 7.36. The molecule has 0 fully saturated rings. The van der Waals surface area contributed by atoms with Crippen molar-refractivity contribution in [1.82, 2.24) is 9.29 Å². The molecule has 0 unspecified atom stereocenters. The Hall–Kier alpha value is -2.07. The van der Waals surface area contributed by atoms with Gasteiger partial charge in [-0.2, -0.15) is 4.31 Å². The van der Waals surface area contributed by atoms with E-state index >= 15 is 0 Å². The van der Waals surface area contributed by atoms with Crippen LogP contribution in [-0.4, -0.2) is 42.5 Å². The molecule has 2 aromatic carbocycles. The molecule has 10 heteroatoms. The number of carbonyl (C=O) groups is 1. The number of nitrogens with zero attached hydrogens (tertiary/aromatic N) is 2. The van der Waals surface area contributed by atoms with Gasteiger partial charge in [-0.1, -0.05) is 49.3 Å². The number of hydrogen-bond acceptors (Lipinski definition) is 6. The summed E-state index contributed by atoms with van der Waals surface area (Å²) in [5.41, 5.74) is 1.60. The van der Waals surface area contributed by atoms with Crippen molar-refractivity contribution in [1.29, 1.82) is 0 Å². The number of hydrogen-bond donors (Lipinski definition) is 1. The number of amides is 1. The van der Waals surface area contributed by atoms with Crippen molar-refractivity contribution in [2.45, 2.75) is 24.0 Å². The Labute approximate surface area is 178 Å². The van der Waals surface area contributed by atoms with Gasteiger partial charge in [0.25, 0.3) is 5.22 Å². The predicted molar refractivity (Wildman–Crippen MR) is 115 cm³/mol. The van der Waals surface area contributed by atoms with Crippen LogP contribution in [0.15, 0.2) is 57.0 Å². The van der Waals surface area contributed by atoms with E-state index in [2.05, 4.69) is 10.3 Å². The number of sulfonamides is 1. The maximum absolute atomic E-state index is 12.7. The van der Waals surface area contributed by atoms with E-state index in [-0.39, 0.29) is 27.3 Å². The summed E-state index contributed by atoms with van der Waals surface area (Å²) in [5.74, 6) is -0.313. The van der Waals surface area contributed by atoms with E-state index in [1.807, 2.05) is 18.2 Å². The minimum absolute atomic E-state index is 0.0379. The average molecular weight is 454 g/mol. The second kappa shape index (κ2) is 9.17. The summed E-state index contributed by atoms with van der Waals surface area (Å²) < 4.78 is 32.3. The fourth-order valence-electron chi connectivity index (χ4n) is 2.70. The van der Waals surface area contributed by atoms with Crippen molar-refractivity contribution >= 4 is 56.1 Å². The van der Waals surface area contributed by atoms with Gasteiger partial charge in [0, 0.05) is 13.1 Å². The highest BCUT2D eigenvalue weighted by atomic mass is 35.5. The van der Waals surface area contributed by atoms with Gasteiger partial charge < -0.3 is 9.73 Å². The zero-order chi connectivity index (χ0) is 21.0. The van der Waals surface area contributed by atoms with E-state index in [0.29, 0.717) is 29.4 Å². The second-order valence-corrected chi connectivity index (χ2v) is 9.29. The number of benzene rings is 2. The number of aromatic nitrogens is 1. The van der Waals surface area contributed by atoms with Gasteiger partial charge in [-0.15, -0.1) is 0 Å². The quantitative estimate of drug-likeness (QED) is 0.513. The van der Waals surface area contributed by atoms with Crippen LogP contribution < -0.4 is 5.32 Å². The largest absolute Gasteiger partial charge is 0.431 e. The minimum Gasteiger partial charge on any atom is -0.431 e. The van der Waals surface area contributed by atoms with Crippen molar-refractivity contribution in [2.24, 2.45) is 0 Å². The molecule has 7 nitrogen and oxygen atoms in total. The monoisotopic (exact) mass is 453 g/mol. The first-order valence-corrected chi connectivity index (χ1v) is 11.7. The Kier molecular flexibility index (Phi) is 6.84. The number of anilines is 1. The molecule has 0 atom stereocenters. The van der Waals surface area contributed by atoms with Crippen LogP contribution in [0, 0.1) is 0 Å². The van der Waals surface area contributed by atoms with Crippen LogP contribution in [-0.2, 0) is 14.8 Å². The van der Waals surface area contributed by atoms with Crippen LogP contribution in [0.2, 0.25) is 5.02 Å². The molecule has 0 spiro atoms. The zero-order valence-electron chi connectivity index (χ0n) is 15.9. The molecule has 3 aromatic rings. The Morgan fingerprint density at radius 1 is 1.21 bits per heavy atom. The molecule has 29 heavy (non-hydrogen) atoms. The van der Waals surface area contributed by atoms with Crippen molar-refractivity contribution in [3.8, 4) is 0 Å². The SMILES string of the molecule is CCN(CC)S(=O)(=O)c1ccc(Cl)c(NC(=O)CSc2nc3ccccc3o2)c1. The Bertz CT molecular complexity index is 1090. The van der Waals surface area contributed by atoms with Gasteiger partial charge in [0.1, 0.15) is 5.52 Å². The first kappa shape index (κ1) is 21.6. The van der Waals surface area contributed by atoms with Gasteiger partial charge in [0.15, 0.2) is 5.58 Å². The first-order valence-electron chi connectivity index (χ1n) is 8.93. The highest BCUT2D eigenvalue weighted by Gasteiger charge is 2.23. The highest BCUT2D eigenvalue weighted by Crippen LogP contribution is 2.28. The number of halogens is 1. The molecular weight excluding hydrogens is 434 g/mol. The summed E-state index contributed by atoms with van der Waals surface area (Å²) in [4.78, 5) is 16.7. The van der Waals surface area contributed by atoms with Gasteiger partial charge >= 0.3 is 0 Å². The number of carbonyl (C=O) groups excluding carboxylic acids is 1. The molecule has 154 valence electrons. The smallest absolute Gasteiger partial charge is 0.257 e. The molecule has 1 aromatic heterocycles. The Balaban J connectivity index is 1.71. The van der Waals surface area contributed by atoms with Crippen molar-refractivity contribution in [3.63, 3.8) is 0 Å². The van der Waals surface area contributed by atoms with Gasteiger partial charge in [-0.05, 0) is 30.3 Å². The standard InChI is InChI=1S/C19H20ClN3O4S2/c1-3-23(4-2)29(25,26)13-9-10-14(20)16(11-13)21-18(24)12-28-19-22-15-7-5-6-8-17(15)27-19/h5-11H,3-4,12H2,1-2H3,(H,21,24). The lowest BCUT2D eigenvalue weighted by Crippen LogP contribution is -2.30. The number of fused-ring (bicyclic) bond motifs is 1. The molecule has 1 N–H and O–H groups in total. The van der Waals surface area contributed by atoms with Crippen molar-refractivity contribution < 1.29 is 17.6 Å². The molecule has 1 heterocycles. The fourth-order valence-corrected chi connectivity index (χ4v) is 4.99. The number of oxazole rings is 1. The van der Waals surface area contributed by atoms with E-state index in [4.69, 9.17) is 16.0 Å². The lowest BCUT2D eigenvalue weighted by atomic mass is 10.3. The topological polar surface area (TPSA) is 92.5 Å². The number of nitrogens with one attached hydrogen (secondary N) is 1. The third-order valence-electron chi connectivity index (χ3n) is 4.16. The van der Waals surface area contributed by atoms with Crippen LogP contribution in [0.25, 0.3) is 11.1 Å². The fraction of sp³-hybridized carbons (Fsp3) is 0.263. The zero-order valence-corrected chi connectivity index (χ0v) is 18.3. The molecule has 0 aliphatic heterocycles. The third kappa shape index (κ3) is 4.92. The number of para-hydroxylation sites is 2. The predicted octanol–water partition coefficient (Wildman–Crippen LogP) is 4.24. The summed E-state index contributed by atoms with van der Waals surface area (Å²) in [7, 11) is -3.65. The summed E-state index contributed by atoms with van der Waals surface area (Å²) in [6.07, 6.45) is 0. The van der Waals surface area contributed by atoms with E-state index in [0.717, 1.165) is 11.8 Å². The molecule has 3 rings (SSSR count). The normalized spacial score (nSPS) is 11.9. The van der Waals surface area contributed by atoms with Crippen LogP contribution in [0.3, 0.4) is 0 Å². The number of rotatable bonds is 8. The Morgan fingerprint density at radius 2 is 1.93 bits per heavy atom. The van der Waals surface area contributed by atoms with E-state index in [1.165, 1.54) is 22.5 Å². The molecular formula is C19H20ClN3O4S2. The summed E-state index contributed by atoms with van der Waals surface area (Å²) in [5, 5.41) is 3.29. The molecule has 0 saturated heterocycles. The first-order chi connectivity index (χ1) is 13.8. The maximum atomic E-state index is 12.7. The van der Waals surface area contributed by atoms with Crippen molar-refractivity contribution in [2.75, 3.05) is 24.2 Å². The van der Waals surface area contributed by atoms with Crippen LogP contribution in [0.4, 0.5) is 5.69 Å². The minimum atomic E-state index is -3.65. The number of thioether (sulfide) groups is 1. The van der Waals surface area contributed by atoms with Gasteiger partial charge in [-0.25, -0.2) is 13.4 Å². The van der Waals surface area contributed by atoms with E-state index < -0.39 is 10.0 Å². The highest BCUT2D eigenvalue weighted by molar-refractivity contribution is 7.99. The summed E-state index contributed by atoms with van der Waals surface area (Å²) in [6, 6.07) is 11.6. The second-order valence-electron chi connectivity index (χ2n) is 6.02. The van der Waals surface area contributed by atoms with E-state index in [9.17, 15) is 13.2 Å². The molecule has 0 aliphatic rings. The van der Waals surface area contributed by atoms with Crippen LogP contribution in [0.1, 0.15) is 13.8 Å². The molecule has 0 radical (unpaired) electrons. The maximum Gasteiger partial charge on any atom is 0.257 e. The van der Waals surface area contributed by atoms with E-state index in [1.54, 1.807) is 19.9 Å². The lowest BCUT2D eigenvalue weighted by Gasteiger charge is -2.19. The Morgan fingerprint density at radius 3 is 2.62 bits per heavy atom. The van der Waals surface area contributed by atoms with Gasteiger partial charge in [0.2, 0.25) is 15.9 Å². The van der Waals surface area contributed by atoms with Crippen LogP contribution >= 0.6 is 23.4 Å². The van der Waals surface area contributed by atoms with Crippen molar-refractivity contribution in [3.05, 3.63) is 47.5 Å². The molecule has 0 aliphatic carbocycles. The molecule has 0 saturated carbocycles. The molecule has 0 bridgehead atoms. The van der Waals surface area contributed by atoms with Crippen LogP contribution in [0.5, 0.6) is 0 Å². The van der Waals surface area contributed by atoms with Gasteiger partial charge in [0.05, 0.1) is 21.4 Å². The summed E-state index contributed by atoms with van der Waals surface area (Å²) >= 11 is 7.29. The van der Waals surface area contributed by atoms with Gasteiger partial charge in [-0.3, -0.25) is 4.79 Å². The summed E-state index contributed by atoms with van der Waals surface area (Å²) in [6.45, 7) is 4.24. The lowest BCUT2D eigenvalue weighted by molar-refractivity contribution is -0.113. The molecule has 1 amide bonds.